The minimum absolute atomic E-state index is 0.384. The first-order valence-electron chi connectivity index (χ1n) is 6.33. The summed E-state index contributed by atoms with van der Waals surface area (Å²) in [4.78, 5) is 27.5. The Kier molecular flexibility index (Phi) is 5.82. The van der Waals surface area contributed by atoms with E-state index in [9.17, 15) is 35.4 Å². The van der Waals surface area contributed by atoms with Crippen LogP contribution in [0.3, 0.4) is 0 Å². The summed E-state index contributed by atoms with van der Waals surface area (Å²) in [7, 11) is 2.01. The molecule has 0 saturated heterocycles. The molecule has 0 aliphatic rings. The van der Waals surface area contributed by atoms with E-state index >= 15 is 0 Å². The second kappa shape index (κ2) is 7.58. The highest BCUT2D eigenvalue weighted by atomic mass is 16.6. The number of benzene rings is 1. The Labute approximate surface area is 134 Å². The van der Waals surface area contributed by atoms with Gasteiger partial charge in [0.1, 0.15) is 7.05 Å². The van der Waals surface area contributed by atoms with Crippen molar-refractivity contribution in [2.24, 2.45) is 7.05 Å². The molecule has 0 aliphatic heterocycles. The summed E-state index contributed by atoms with van der Waals surface area (Å²) in [5.41, 5.74) is -1.96. The number of hydrogen-bond acceptors (Lipinski definition) is 7. The first kappa shape index (κ1) is 18.4. The van der Waals surface area contributed by atoms with Crippen molar-refractivity contribution in [1.82, 2.24) is 0 Å². The highest BCUT2D eigenvalue weighted by Gasteiger charge is 2.24. The summed E-state index contributed by atoms with van der Waals surface area (Å²) >= 11 is 0. The molecule has 0 fully saturated rings. The van der Waals surface area contributed by atoms with Crippen LogP contribution in [0.15, 0.2) is 36.7 Å². The van der Waals surface area contributed by atoms with E-state index in [0.717, 1.165) is 0 Å². The monoisotopic (exact) mass is 336 g/mol. The molecule has 1 heterocycles. The van der Waals surface area contributed by atoms with Crippen LogP contribution >= 0.6 is 0 Å². The first-order chi connectivity index (χ1) is 11.1. The van der Waals surface area contributed by atoms with Crippen LogP contribution in [0, 0.1) is 37.3 Å². The van der Waals surface area contributed by atoms with Gasteiger partial charge < -0.3 is 5.11 Å². The van der Waals surface area contributed by atoms with Crippen molar-refractivity contribution in [2.75, 3.05) is 0 Å². The molecule has 0 atom stereocenters. The zero-order chi connectivity index (χ0) is 18.4. The summed E-state index contributed by atoms with van der Waals surface area (Å²) in [6.45, 7) is 2.08. The third kappa shape index (κ3) is 4.69. The molecule has 1 aromatic carbocycles. The summed E-state index contributed by atoms with van der Waals surface area (Å²) in [6, 6.07) is 4.94. The maximum Gasteiger partial charge on any atom is 0.283 e. The fourth-order valence-corrected chi connectivity index (χ4v) is 1.54. The molecule has 11 nitrogen and oxygen atoms in total. The molecule has 0 spiro atoms. The van der Waals surface area contributed by atoms with Crippen LogP contribution in [0.1, 0.15) is 5.56 Å². The van der Waals surface area contributed by atoms with Gasteiger partial charge in [-0.2, -0.15) is 0 Å². The normalized spacial score (nSPS) is 9.58. The second-order valence-corrected chi connectivity index (χ2v) is 4.63. The van der Waals surface area contributed by atoms with E-state index in [1.165, 1.54) is 5.56 Å². The van der Waals surface area contributed by atoms with Crippen LogP contribution < -0.4 is 9.67 Å². The molecule has 0 amide bonds. The lowest BCUT2D eigenvalue weighted by atomic mass is 10.2. The lowest BCUT2D eigenvalue weighted by Gasteiger charge is -2.06. The standard InChI is InChI=1S/C7H10N.C6H3N3O7/c1-7-3-5-8(2)6-4-7;10-6-4(8(13)14)1-3(7(11)12)2-5(6)9(15)16/h3-6H,1-2H3;1-2,10H/q+1;/p-1. The van der Waals surface area contributed by atoms with E-state index in [-0.39, 0.29) is 0 Å². The van der Waals surface area contributed by atoms with Crippen LogP contribution in [0.2, 0.25) is 0 Å². The van der Waals surface area contributed by atoms with Crippen molar-refractivity contribution < 1.29 is 24.4 Å². The number of pyridine rings is 1. The number of rotatable bonds is 3. The van der Waals surface area contributed by atoms with Gasteiger partial charge >= 0.3 is 0 Å². The highest BCUT2D eigenvalue weighted by Crippen LogP contribution is 2.36. The zero-order valence-corrected chi connectivity index (χ0v) is 12.6. The maximum atomic E-state index is 11.1. The Hall–Kier alpha value is -3.63. The van der Waals surface area contributed by atoms with Crippen LogP contribution in [-0.2, 0) is 7.05 Å². The number of hydrogen-bond donors (Lipinski definition) is 0. The van der Waals surface area contributed by atoms with Gasteiger partial charge in [0.25, 0.3) is 17.1 Å². The third-order valence-electron chi connectivity index (χ3n) is 2.78. The van der Waals surface area contributed by atoms with E-state index in [1.54, 1.807) is 0 Å². The van der Waals surface area contributed by atoms with Crippen molar-refractivity contribution in [3.63, 3.8) is 0 Å². The summed E-state index contributed by atoms with van der Waals surface area (Å²) < 4.78 is 2.02. The van der Waals surface area contributed by atoms with Gasteiger partial charge in [0, 0.05) is 12.1 Å². The van der Waals surface area contributed by atoms with E-state index in [4.69, 9.17) is 0 Å². The summed E-state index contributed by atoms with van der Waals surface area (Å²) in [5.74, 6) is -1.46. The topological polar surface area (TPSA) is 156 Å². The number of nitro groups is 3. The second-order valence-electron chi connectivity index (χ2n) is 4.63. The number of nitrogens with zero attached hydrogens (tertiary/aromatic N) is 4. The molecule has 0 bridgehead atoms. The van der Waals surface area contributed by atoms with Crippen molar-refractivity contribution in [3.8, 4) is 5.75 Å². The molecular weight excluding hydrogens is 324 g/mol. The number of non-ortho nitro benzene ring substituents is 1. The van der Waals surface area contributed by atoms with Gasteiger partial charge in [0.05, 0.1) is 32.7 Å². The molecule has 0 saturated carbocycles. The van der Waals surface area contributed by atoms with Crippen molar-refractivity contribution >= 4 is 17.1 Å². The average Bonchev–Trinajstić information content (AvgIpc) is 2.50. The summed E-state index contributed by atoms with van der Waals surface area (Å²) in [6.07, 6.45) is 4.07. The molecule has 2 rings (SSSR count). The van der Waals surface area contributed by atoms with E-state index in [1.807, 2.05) is 24.0 Å². The van der Waals surface area contributed by atoms with Crippen LogP contribution in [0.5, 0.6) is 5.75 Å². The quantitative estimate of drug-likeness (QED) is 0.464. The van der Waals surface area contributed by atoms with Gasteiger partial charge in [-0.05, 0) is 12.5 Å². The molecule has 24 heavy (non-hydrogen) atoms. The fourth-order valence-electron chi connectivity index (χ4n) is 1.54. The minimum Gasteiger partial charge on any atom is -0.863 e. The molecule has 11 heteroatoms. The molecular formula is C13H12N4O7. The molecule has 0 N–H and O–H groups in total. The Balaban J connectivity index is 0.000000300. The largest absolute Gasteiger partial charge is 0.863 e. The molecule has 126 valence electrons. The summed E-state index contributed by atoms with van der Waals surface area (Å²) in [5, 5.41) is 42.1. The number of aryl methyl sites for hydroxylation is 2. The van der Waals surface area contributed by atoms with Gasteiger partial charge in [-0.3, -0.25) is 30.3 Å². The predicted octanol–water partition coefficient (Wildman–Crippen LogP) is 1.30. The van der Waals surface area contributed by atoms with Crippen LogP contribution in [-0.4, -0.2) is 14.8 Å². The zero-order valence-electron chi connectivity index (χ0n) is 12.6. The lowest BCUT2D eigenvalue weighted by molar-refractivity contribution is -0.671. The predicted molar refractivity (Wildman–Crippen MR) is 78.2 cm³/mol. The van der Waals surface area contributed by atoms with Gasteiger partial charge in [0.2, 0.25) is 0 Å². The molecule has 0 radical (unpaired) electrons. The first-order valence-corrected chi connectivity index (χ1v) is 6.33. The molecule has 0 unspecified atom stereocenters. The van der Waals surface area contributed by atoms with Gasteiger partial charge in [-0.1, -0.05) is 0 Å². The van der Waals surface area contributed by atoms with E-state index in [0.29, 0.717) is 12.1 Å². The minimum atomic E-state index is -1.46. The fraction of sp³-hybridized carbons (Fsp3) is 0.154. The van der Waals surface area contributed by atoms with Crippen LogP contribution in [0.4, 0.5) is 17.1 Å². The molecule has 2 aromatic rings. The molecule has 0 aliphatic carbocycles. The van der Waals surface area contributed by atoms with E-state index < -0.39 is 37.6 Å². The van der Waals surface area contributed by atoms with Crippen molar-refractivity contribution in [1.29, 1.82) is 0 Å². The third-order valence-corrected chi connectivity index (χ3v) is 2.78. The smallest absolute Gasteiger partial charge is 0.283 e. The number of aromatic nitrogens is 1. The Bertz CT molecular complexity index is 733. The molecule has 1 aromatic heterocycles. The Morgan fingerprint density at radius 1 is 0.875 bits per heavy atom. The Morgan fingerprint density at radius 2 is 1.29 bits per heavy atom. The van der Waals surface area contributed by atoms with Crippen molar-refractivity contribution in [2.45, 2.75) is 6.92 Å². The number of nitro benzene ring substituents is 3. The van der Waals surface area contributed by atoms with Crippen LogP contribution in [0.25, 0.3) is 0 Å². The van der Waals surface area contributed by atoms with Crippen molar-refractivity contribution in [3.05, 3.63) is 72.6 Å². The van der Waals surface area contributed by atoms with Gasteiger partial charge in [-0.25, -0.2) is 4.57 Å². The van der Waals surface area contributed by atoms with E-state index in [2.05, 4.69) is 19.1 Å². The highest BCUT2D eigenvalue weighted by molar-refractivity contribution is 5.63. The lowest BCUT2D eigenvalue weighted by Crippen LogP contribution is -2.25. The Morgan fingerprint density at radius 3 is 1.58 bits per heavy atom. The SMILES string of the molecule is Cc1cc[n+](C)cc1.O=[N+]([O-])c1cc([N+](=O)[O-])c([O-])c([N+](=O)[O-])c1. The average molecular weight is 336 g/mol. The van der Waals surface area contributed by atoms with Gasteiger partial charge in [-0.15, -0.1) is 0 Å². The van der Waals surface area contributed by atoms with Gasteiger partial charge in [0.15, 0.2) is 12.4 Å². The maximum absolute atomic E-state index is 11.1.